The molecule has 0 atom stereocenters. The summed E-state index contributed by atoms with van der Waals surface area (Å²) in [7, 11) is 0. The molecule has 0 radical (unpaired) electrons. The number of ether oxygens (including phenoxy) is 1. The Kier molecular flexibility index (Phi) is 4.28. The summed E-state index contributed by atoms with van der Waals surface area (Å²) in [5.41, 5.74) is 2.34. The fraction of sp³-hybridized carbons (Fsp3) is 0.188. The van der Waals surface area contributed by atoms with Crippen molar-refractivity contribution in [1.29, 1.82) is 0 Å². The lowest BCUT2D eigenvalue weighted by Crippen LogP contribution is -2.23. The third-order valence-electron chi connectivity index (χ3n) is 3.45. The van der Waals surface area contributed by atoms with Crippen molar-refractivity contribution in [3.8, 4) is 5.75 Å². The van der Waals surface area contributed by atoms with E-state index in [9.17, 15) is 13.6 Å². The Bertz CT molecular complexity index is 707. The summed E-state index contributed by atoms with van der Waals surface area (Å²) in [6.07, 6.45) is 0. The third-order valence-corrected chi connectivity index (χ3v) is 4.30. The lowest BCUT2D eigenvalue weighted by molar-refractivity contribution is -0.0499. The Labute approximate surface area is 140 Å². The second-order valence-electron chi connectivity index (χ2n) is 4.96. The molecule has 2 aromatic carbocycles. The monoisotopic (exact) mass is 415 g/mol. The van der Waals surface area contributed by atoms with Crippen LogP contribution < -0.4 is 4.74 Å². The summed E-state index contributed by atoms with van der Waals surface area (Å²) in [6.45, 7) is -1.97. The van der Waals surface area contributed by atoms with Crippen LogP contribution in [0.3, 0.4) is 0 Å². The largest absolute Gasteiger partial charge is 0.435 e. The molecule has 0 N–H and O–H groups in total. The summed E-state index contributed by atoms with van der Waals surface area (Å²) >= 11 is 1.98. The molecule has 22 heavy (non-hydrogen) atoms. The van der Waals surface area contributed by atoms with Crippen LogP contribution in [0.15, 0.2) is 42.5 Å². The number of rotatable bonds is 4. The van der Waals surface area contributed by atoms with E-state index >= 15 is 0 Å². The maximum absolute atomic E-state index is 12.5. The second kappa shape index (κ2) is 6.20. The summed E-state index contributed by atoms with van der Waals surface area (Å²) < 4.78 is 29.8. The van der Waals surface area contributed by atoms with Crippen molar-refractivity contribution >= 4 is 28.5 Å². The highest BCUT2D eigenvalue weighted by Crippen LogP contribution is 2.32. The molecule has 0 bridgehead atoms. The Morgan fingerprint density at radius 2 is 1.95 bits per heavy atom. The minimum absolute atomic E-state index is 0.0770. The van der Waals surface area contributed by atoms with Crippen molar-refractivity contribution in [2.75, 3.05) is 0 Å². The van der Waals surface area contributed by atoms with Gasteiger partial charge in [0.15, 0.2) is 0 Å². The van der Waals surface area contributed by atoms with Crippen LogP contribution in [0.25, 0.3) is 0 Å². The molecule has 0 saturated heterocycles. The maximum Gasteiger partial charge on any atom is 0.387 e. The van der Waals surface area contributed by atoms with Crippen LogP contribution in [-0.2, 0) is 13.1 Å². The molecule has 3 rings (SSSR count). The van der Waals surface area contributed by atoms with Gasteiger partial charge in [-0.3, -0.25) is 4.79 Å². The summed E-state index contributed by atoms with van der Waals surface area (Å²) in [6, 6.07) is 12.6. The Morgan fingerprint density at radius 1 is 1.23 bits per heavy atom. The number of alkyl halides is 2. The van der Waals surface area contributed by atoms with E-state index in [1.807, 2.05) is 52.9 Å². The molecule has 1 aliphatic heterocycles. The number of hydrogen-bond donors (Lipinski definition) is 0. The first-order valence-corrected chi connectivity index (χ1v) is 7.73. The summed E-state index contributed by atoms with van der Waals surface area (Å²) in [4.78, 5) is 14.2. The average molecular weight is 415 g/mol. The highest BCUT2D eigenvalue weighted by atomic mass is 127. The first-order valence-electron chi connectivity index (χ1n) is 6.65. The minimum atomic E-state index is -2.87. The fourth-order valence-corrected chi connectivity index (χ4v) is 3.42. The van der Waals surface area contributed by atoms with Gasteiger partial charge in [0.05, 0.1) is 5.56 Å². The minimum Gasteiger partial charge on any atom is -0.435 e. The number of benzene rings is 2. The van der Waals surface area contributed by atoms with Crippen LogP contribution in [-0.4, -0.2) is 17.4 Å². The SMILES string of the molecule is O=C1c2c(I)cc(OC(F)F)cc2CN1Cc1ccccc1. The molecule has 0 spiro atoms. The van der Waals surface area contributed by atoms with Gasteiger partial charge in [0.1, 0.15) is 5.75 Å². The van der Waals surface area contributed by atoms with Gasteiger partial charge in [-0.05, 0) is 45.9 Å². The van der Waals surface area contributed by atoms with Gasteiger partial charge in [0.25, 0.3) is 5.91 Å². The van der Waals surface area contributed by atoms with Crippen LogP contribution in [0.1, 0.15) is 21.5 Å². The van der Waals surface area contributed by atoms with Crippen molar-refractivity contribution < 1.29 is 18.3 Å². The molecule has 1 amide bonds. The molecule has 0 saturated carbocycles. The number of carbonyl (C=O) groups excluding carboxylic acids is 1. The van der Waals surface area contributed by atoms with Crippen molar-refractivity contribution in [3.05, 3.63) is 62.7 Å². The molecule has 6 heteroatoms. The van der Waals surface area contributed by atoms with E-state index in [0.717, 1.165) is 11.1 Å². The zero-order valence-corrected chi connectivity index (χ0v) is 13.6. The van der Waals surface area contributed by atoms with Gasteiger partial charge in [-0.1, -0.05) is 30.3 Å². The molecule has 0 aromatic heterocycles. The zero-order valence-electron chi connectivity index (χ0n) is 11.4. The van der Waals surface area contributed by atoms with Gasteiger partial charge < -0.3 is 9.64 Å². The van der Waals surface area contributed by atoms with Crippen molar-refractivity contribution in [1.82, 2.24) is 4.90 Å². The van der Waals surface area contributed by atoms with Gasteiger partial charge in [0.2, 0.25) is 0 Å². The predicted molar refractivity (Wildman–Crippen MR) is 85.8 cm³/mol. The first kappa shape index (κ1) is 15.2. The van der Waals surface area contributed by atoms with Crippen LogP contribution in [0.5, 0.6) is 5.75 Å². The summed E-state index contributed by atoms with van der Waals surface area (Å²) in [5.74, 6) is 0.0133. The molecule has 0 fully saturated rings. The first-order chi connectivity index (χ1) is 10.5. The molecule has 1 aliphatic rings. The molecule has 1 heterocycles. The predicted octanol–water partition coefficient (Wildman–Crippen LogP) is 4.05. The van der Waals surface area contributed by atoms with E-state index in [-0.39, 0.29) is 11.7 Å². The lowest BCUT2D eigenvalue weighted by Gasteiger charge is -2.15. The molecule has 3 nitrogen and oxygen atoms in total. The number of nitrogens with zero attached hydrogens (tertiary/aromatic N) is 1. The van der Waals surface area contributed by atoms with Crippen molar-refractivity contribution in [2.45, 2.75) is 19.7 Å². The number of halogens is 3. The zero-order chi connectivity index (χ0) is 15.7. The van der Waals surface area contributed by atoms with E-state index in [1.54, 1.807) is 4.90 Å². The molecule has 0 unspecified atom stereocenters. The smallest absolute Gasteiger partial charge is 0.387 e. The number of amides is 1. The van der Waals surface area contributed by atoms with Gasteiger partial charge in [-0.15, -0.1) is 0 Å². The van der Waals surface area contributed by atoms with Gasteiger partial charge >= 0.3 is 6.61 Å². The van der Waals surface area contributed by atoms with E-state index in [0.29, 0.717) is 22.2 Å². The van der Waals surface area contributed by atoms with E-state index in [2.05, 4.69) is 4.74 Å². The Hall–Kier alpha value is -1.70. The van der Waals surface area contributed by atoms with Gasteiger partial charge in [-0.2, -0.15) is 8.78 Å². The van der Waals surface area contributed by atoms with Crippen LogP contribution >= 0.6 is 22.6 Å². The van der Waals surface area contributed by atoms with Gasteiger partial charge in [0, 0.05) is 16.7 Å². The summed E-state index contributed by atoms with van der Waals surface area (Å²) in [5, 5.41) is 0. The standard InChI is InChI=1S/C16H12F2INO2/c17-16(18)22-12-6-11-9-20(8-10-4-2-1-3-5-10)15(21)14(11)13(19)7-12/h1-7,16H,8-9H2. The quantitative estimate of drug-likeness (QED) is 0.706. The van der Waals surface area contributed by atoms with E-state index < -0.39 is 6.61 Å². The van der Waals surface area contributed by atoms with E-state index in [1.165, 1.54) is 12.1 Å². The van der Waals surface area contributed by atoms with Crippen LogP contribution in [0.4, 0.5) is 8.78 Å². The highest BCUT2D eigenvalue weighted by molar-refractivity contribution is 14.1. The van der Waals surface area contributed by atoms with Crippen molar-refractivity contribution in [3.63, 3.8) is 0 Å². The number of fused-ring (bicyclic) bond motifs is 1. The maximum atomic E-state index is 12.5. The average Bonchev–Trinajstić information content (AvgIpc) is 2.76. The van der Waals surface area contributed by atoms with Crippen LogP contribution in [0.2, 0.25) is 0 Å². The third kappa shape index (κ3) is 3.06. The topological polar surface area (TPSA) is 29.5 Å². The fourth-order valence-electron chi connectivity index (χ4n) is 2.54. The van der Waals surface area contributed by atoms with Gasteiger partial charge in [-0.25, -0.2) is 0 Å². The lowest BCUT2D eigenvalue weighted by atomic mass is 10.1. The van der Waals surface area contributed by atoms with Crippen molar-refractivity contribution in [2.24, 2.45) is 0 Å². The number of hydrogen-bond acceptors (Lipinski definition) is 2. The Morgan fingerprint density at radius 3 is 2.64 bits per heavy atom. The molecular weight excluding hydrogens is 403 g/mol. The highest BCUT2D eigenvalue weighted by Gasteiger charge is 2.30. The second-order valence-corrected chi connectivity index (χ2v) is 6.13. The van der Waals surface area contributed by atoms with Crippen LogP contribution in [0, 0.1) is 3.57 Å². The molecular formula is C16H12F2INO2. The Balaban J connectivity index is 1.85. The normalized spacial score (nSPS) is 13.6. The molecule has 114 valence electrons. The van der Waals surface area contributed by atoms with E-state index in [4.69, 9.17) is 0 Å². The molecule has 0 aliphatic carbocycles. The number of carbonyl (C=O) groups is 1. The molecule has 2 aromatic rings.